The summed E-state index contributed by atoms with van der Waals surface area (Å²) in [7, 11) is -4.08. The second-order valence-electron chi connectivity index (χ2n) is 11.0. The maximum atomic E-state index is 14.2. The second-order valence-corrected chi connectivity index (χ2v) is 12.9. The van der Waals surface area contributed by atoms with E-state index in [1.165, 1.54) is 16.4 Å². The molecule has 0 aliphatic heterocycles. The van der Waals surface area contributed by atoms with Gasteiger partial charge in [0.05, 0.1) is 10.6 Å². The van der Waals surface area contributed by atoms with Crippen LogP contribution in [0.1, 0.15) is 61.3 Å². The highest BCUT2D eigenvalue weighted by Gasteiger charge is 2.34. The van der Waals surface area contributed by atoms with Crippen molar-refractivity contribution in [2.45, 2.75) is 83.3 Å². The van der Waals surface area contributed by atoms with Crippen molar-refractivity contribution in [3.8, 4) is 0 Å². The Morgan fingerprint density at radius 2 is 1.56 bits per heavy atom. The van der Waals surface area contributed by atoms with Crippen LogP contribution in [0.3, 0.4) is 0 Å². The number of aryl methyl sites for hydroxylation is 3. The van der Waals surface area contributed by atoms with Crippen LogP contribution in [-0.2, 0) is 26.2 Å². The average Bonchev–Trinajstić information content (AvgIpc) is 3.47. The van der Waals surface area contributed by atoms with Crippen LogP contribution >= 0.6 is 0 Å². The van der Waals surface area contributed by atoms with Gasteiger partial charge in [-0.3, -0.25) is 13.9 Å². The molecule has 0 saturated heterocycles. The summed E-state index contributed by atoms with van der Waals surface area (Å²) in [5, 5.41) is 3.15. The first-order valence-corrected chi connectivity index (χ1v) is 15.8. The number of amides is 2. The van der Waals surface area contributed by atoms with Gasteiger partial charge in [0.25, 0.3) is 10.0 Å². The number of nitrogens with one attached hydrogen (secondary N) is 1. The Kier molecular flexibility index (Phi) is 9.86. The van der Waals surface area contributed by atoms with Crippen LogP contribution in [-0.4, -0.2) is 43.8 Å². The van der Waals surface area contributed by atoms with Crippen molar-refractivity contribution in [2.24, 2.45) is 0 Å². The molecule has 1 saturated carbocycles. The average molecular weight is 576 g/mol. The highest BCUT2D eigenvalue weighted by atomic mass is 32.2. The van der Waals surface area contributed by atoms with Gasteiger partial charge in [-0.2, -0.15) is 0 Å². The number of anilines is 1. The number of nitrogens with zero attached hydrogens (tertiary/aromatic N) is 2. The lowest BCUT2D eigenvalue weighted by Gasteiger charge is -2.34. The zero-order valence-corrected chi connectivity index (χ0v) is 25.3. The standard InChI is InChI=1S/C33H41N3O4S/c1-5-31(33(38)34-28-11-9-10-12-28)35(22-27-18-15-24(2)16-19-27)32(37)23-36(29-20-17-25(3)26(4)21-29)41(39,40)30-13-7-6-8-14-30/h6-8,13-21,28,31H,5,9-12,22-23H2,1-4H3,(H,34,38)/t31-/m1/s1. The van der Waals surface area contributed by atoms with Crippen LogP contribution in [0.5, 0.6) is 0 Å². The fraction of sp³-hybridized carbons (Fsp3) is 0.394. The first-order chi connectivity index (χ1) is 19.6. The Labute approximate surface area is 244 Å². The van der Waals surface area contributed by atoms with E-state index in [0.29, 0.717) is 12.1 Å². The molecule has 0 spiro atoms. The van der Waals surface area contributed by atoms with Gasteiger partial charge in [0.15, 0.2) is 0 Å². The molecule has 1 aliphatic rings. The number of hydrogen-bond acceptors (Lipinski definition) is 4. The third-order valence-corrected chi connectivity index (χ3v) is 9.74. The van der Waals surface area contributed by atoms with Gasteiger partial charge in [0, 0.05) is 12.6 Å². The van der Waals surface area contributed by atoms with Crippen molar-refractivity contribution in [1.29, 1.82) is 0 Å². The van der Waals surface area contributed by atoms with E-state index in [2.05, 4.69) is 5.32 Å². The Morgan fingerprint density at radius 1 is 0.902 bits per heavy atom. The number of carbonyl (C=O) groups excluding carboxylic acids is 2. The van der Waals surface area contributed by atoms with Gasteiger partial charge in [0.2, 0.25) is 11.8 Å². The molecule has 1 atom stereocenters. The molecule has 0 heterocycles. The zero-order valence-electron chi connectivity index (χ0n) is 24.5. The van der Waals surface area contributed by atoms with Crippen molar-refractivity contribution in [1.82, 2.24) is 10.2 Å². The van der Waals surface area contributed by atoms with Gasteiger partial charge >= 0.3 is 0 Å². The summed E-state index contributed by atoms with van der Waals surface area (Å²) < 4.78 is 29.1. The monoisotopic (exact) mass is 575 g/mol. The Hall–Kier alpha value is -3.65. The summed E-state index contributed by atoms with van der Waals surface area (Å²) in [5.74, 6) is -0.625. The van der Waals surface area contributed by atoms with Gasteiger partial charge < -0.3 is 10.2 Å². The van der Waals surface area contributed by atoms with Crippen LogP contribution in [0.15, 0.2) is 77.7 Å². The highest BCUT2D eigenvalue weighted by molar-refractivity contribution is 7.92. The van der Waals surface area contributed by atoms with E-state index in [1.54, 1.807) is 35.2 Å². The van der Waals surface area contributed by atoms with Crippen molar-refractivity contribution < 1.29 is 18.0 Å². The first kappa shape index (κ1) is 30.3. The van der Waals surface area contributed by atoms with Crippen molar-refractivity contribution in [3.05, 3.63) is 95.1 Å². The molecule has 3 aromatic carbocycles. The first-order valence-electron chi connectivity index (χ1n) is 14.4. The van der Waals surface area contributed by atoms with Gasteiger partial charge in [-0.25, -0.2) is 8.42 Å². The Morgan fingerprint density at radius 3 is 2.17 bits per heavy atom. The fourth-order valence-electron chi connectivity index (χ4n) is 5.31. The minimum absolute atomic E-state index is 0.0992. The third-order valence-electron chi connectivity index (χ3n) is 7.95. The minimum atomic E-state index is -4.08. The predicted molar refractivity (Wildman–Crippen MR) is 163 cm³/mol. The van der Waals surface area contributed by atoms with Crippen LogP contribution in [0.2, 0.25) is 0 Å². The molecular weight excluding hydrogens is 534 g/mol. The lowest BCUT2D eigenvalue weighted by molar-refractivity contribution is -0.140. The minimum Gasteiger partial charge on any atom is -0.352 e. The summed E-state index contributed by atoms with van der Waals surface area (Å²) in [4.78, 5) is 29.4. The zero-order chi connectivity index (χ0) is 29.6. The smallest absolute Gasteiger partial charge is 0.264 e. The quantitative estimate of drug-likeness (QED) is 0.319. The molecule has 41 heavy (non-hydrogen) atoms. The molecule has 1 aliphatic carbocycles. The molecule has 2 amide bonds. The van der Waals surface area contributed by atoms with Crippen LogP contribution < -0.4 is 9.62 Å². The molecule has 0 radical (unpaired) electrons. The van der Waals surface area contributed by atoms with E-state index in [1.807, 2.05) is 58.0 Å². The molecule has 0 aromatic heterocycles. The molecule has 0 unspecified atom stereocenters. The van der Waals surface area contributed by atoms with Crippen LogP contribution in [0.25, 0.3) is 0 Å². The summed E-state index contributed by atoms with van der Waals surface area (Å²) in [5.41, 5.74) is 4.31. The molecule has 218 valence electrons. The van der Waals surface area contributed by atoms with Crippen molar-refractivity contribution in [2.75, 3.05) is 10.8 Å². The number of hydrogen-bond donors (Lipinski definition) is 1. The van der Waals surface area contributed by atoms with E-state index >= 15 is 0 Å². The van der Waals surface area contributed by atoms with E-state index in [4.69, 9.17) is 0 Å². The van der Waals surface area contributed by atoms with E-state index in [-0.39, 0.29) is 23.4 Å². The number of sulfonamides is 1. The van der Waals surface area contributed by atoms with Crippen LogP contribution in [0, 0.1) is 20.8 Å². The molecular formula is C33H41N3O4S. The van der Waals surface area contributed by atoms with E-state index in [0.717, 1.165) is 47.9 Å². The van der Waals surface area contributed by atoms with Gasteiger partial charge in [-0.05, 0) is 81.0 Å². The molecule has 4 rings (SSSR count). The SMILES string of the molecule is CC[C@H](C(=O)NC1CCCC1)N(Cc1ccc(C)cc1)C(=O)CN(c1ccc(C)c(C)c1)S(=O)(=O)c1ccccc1. The van der Waals surface area contributed by atoms with Crippen molar-refractivity contribution in [3.63, 3.8) is 0 Å². The maximum Gasteiger partial charge on any atom is 0.264 e. The fourth-order valence-corrected chi connectivity index (χ4v) is 6.73. The van der Waals surface area contributed by atoms with E-state index in [9.17, 15) is 18.0 Å². The maximum absolute atomic E-state index is 14.2. The normalized spacial score (nSPS) is 14.4. The molecule has 0 bridgehead atoms. The molecule has 1 fully saturated rings. The molecule has 7 nitrogen and oxygen atoms in total. The number of benzene rings is 3. The molecule has 8 heteroatoms. The molecule has 3 aromatic rings. The van der Waals surface area contributed by atoms with Gasteiger partial charge in [-0.1, -0.05) is 73.9 Å². The summed E-state index contributed by atoms with van der Waals surface area (Å²) in [6, 6.07) is 20.7. The van der Waals surface area contributed by atoms with Crippen molar-refractivity contribution >= 4 is 27.5 Å². The summed E-state index contributed by atoms with van der Waals surface area (Å²) in [6.45, 7) is 7.51. The van der Waals surface area contributed by atoms with Gasteiger partial charge in [0.1, 0.15) is 12.6 Å². The number of rotatable bonds is 11. The lowest BCUT2D eigenvalue weighted by Crippen LogP contribution is -2.53. The largest absolute Gasteiger partial charge is 0.352 e. The Balaban J connectivity index is 1.72. The lowest BCUT2D eigenvalue weighted by atomic mass is 10.1. The van der Waals surface area contributed by atoms with Gasteiger partial charge in [-0.15, -0.1) is 0 Å². The van der Waals surface area contributed by atoms with E-state index < -0.39 is 28.5 Å². The third kappa shape index (κ3) is 7.36. The summed E-state index contributed by atoms with van der Waals surface area (Å²) in [6.07, 6.45) is 4.44. The second kappa shape index (κ2) is 13.3. The van der Waals surface area contributed by atoms with Crippen LogP contribution in [0.4, 0.5) is 5.69 Å². The highest BCUT2D eigenvalue weighted by Crippen LogP contribution is 2.27. The topological polar surface area (TPSA) is 86.8 Å². The predicted octanol–water partition coefficient (Wildman–Crippen LogP) is 5.67. The number of carbonyl (C=O) groups is 2. The molecule has 1 N–H and O–H groups in total. The summed E-state index contributed by atoms with van der Waals surface area (Å²) >= 11 is 0. The Bertz CT molecular complexity index is 1450.